The number of sulfonamides is 1. The molecule has 2 atom stereocenters. The van der Waals surface area contributed by atoms with E-state index in [1.807, 2.05) is 0 Å². The summed E-state index contributed by atoms with van der Waals surface area (Å²) in [7, 11) is -3.65. The zero-order valence-corrected chi connectivity index (χ0v) is 22.0. The maximum Gasteiger partial charge on any atom is 0.251 e. The molecule has 0 saturated heterocycles. The number of thiophene rings is 1. The van der Waals surface area contributed by atoms with Crippen LogP contribution in [0.25, 0.3) is 0 Å². The van der Waals surface area contributed by atoms with Gasteiger partial charge in [0.15, 0.2) is 0 Å². The molecule has 1 aromatic heterocycles. The number of nitrogens with one attached hydrogen (secondary N) is 3. The molecule has 9 heteroatoms. The third kappa shape index (κ3) is 7.15. The first-order valence-corrected chi connectivity index (χ1v) is 14.4. The number of carbonyl (C=O) groups excluding carboxylic acids is 1. The minimum atomic E-state index is -3.65. The van der Waals surface area contributed by atoms with Crippen molar-refractivity contribution >= 4 is 38.9 Å². The Hall–Kier alpha value is -2.23. The van der Waals surface area contributed by atoms with Crippen molar-refractivity contribution in [2.75, 3.05) is 0 Å². The SMILES string of the molecule is Cc1ccc(CNC2CCCCC2NS(=O)(=O)c2ccc(CNC(=O)c3ccc(Cl)cc3)s2)cc1. The summed E-state index contributed by atoms with van der Waals surface area (Å²) < 4.78 is 29.5. The van der Waals surface area contributed by atoms with Crippen molar-refractivity contribution in [3.63, 3.8) is 0 Å². The standard InChI is InChI=1S/C26H30ClN3O3S2/c1-18-6-8-19(9-7-18)16-28-23-4-2-3-5-24(23)30-35(32,33)25-15-14-22(34-25)17-29-26(31)20-10-12-21(27)13-11-20/h6-15,23-24,28,30H,2-5,16-17H2,1H3,(H,29,31). The van der Waals surface area contributed by atoms with Gasteiger partial charge in [-0.3, -0.25) is 4.79 Å². The van der Waals surface area contributed by atoms with Gasteiger partial charge < -0.3 is 10.6 Å². The third-order valence-electron chi connectivity index (χ3n) is 6.19. The van der Waals surface area contributed by atoms with Gasteiger partial charge in [0.05, 0.1) is 6.54 Å². The van der Waals surface area contributed by atoms with Crippen LogP contribution >= 0.6 is 22.9 Å². The Morgan fingerprint density at radius 2 is 1.63 bits per heavy atom. The third-order valence-corrected chi connectivity index (χ3v) is 9.51. The molecule has 1 aliphatic carbocycles. The van der Waals surface area contributed by atoms with Crippen LogP contribution in [0.2, 0.25) is 5.02 Å². The fourth-order valence-electron chi connectivity index (χ4n) is 4.20. The molecule has 1 fully saturated rings. The molecular formula is C26H30ClN3O3S2. The molecule has 3 aromatic rings. The lowest BCUT2D eigenvalue weighted by Crippen LogP contribution is -2.51. The zero-order valence-electron chi connectivity index (χ0n) is 19.6. The van der Waals surface area contributed by atoms with E-state index in [9.17, 15) is 13.2 Å². The number of halogens is 1. The molecule has 6 nitrogen and oxygen atoms in total. The van der Waals surface area contributed by atoms with Gasteiger partial charge in [0.25, 0.3) is 5.91 Å². The first kappa shape index (κ1) is 25.9. The highest BCUT2D eigenvalue weighted by Crippen LogP contribution is 2.25. The zero-order chi connectivity index (χ0) is 24.8. The monoisotopic (exact) mass is 531 g/mol. The molecule has 1 amide bonds. The molecule has 1 aliphatic rings. The van der Waals surface area contributed by atoms with Gasteiger partial charge in [0, 0.05) is 34.1 Å². The van der Waals surface area contributed by atoms with E-state index >= 15 is 0 Å². The molecule has 2 unspecified atom stereocenters. The van der Waals surface area contributed by atoms with Crippen LogP contribution in [0, 0.1) is 6.92 Å². The van der Waals surface area contributed by atoms with Gasteiger partial charge >= 0.3 is 0 Å². The van der Waals surface area contributed by atoms with Crippen molar-refractivity contribution in [3.05, 3.63) is 87.3 Å². The number of benzene rings is 2. The second kappa shape index (κ2) is 11.7. The van der Waals surface area contributed by atoms with Crippen molar-refractivity contribution in [3.8, 4) is 0 Å². The van der Waals surface area contributed by atoms with E-state index in [-0.39, 0.29) is 28.7 Å². The summed E-state index contributed by atoms with van der Waals surface area (Å²) in [4.78, 5) is 13.1. The summed E-state index contributed by atoms with van der Waals surface area (Å²) in [5, 5.41) is 6.95. The van der Waals surface area contributed by atoms with Crippen molar-refractivity contribution in [2.24, 2.45) is 0 Å². The Balaban J connectivity index is 1.34. The molecule has 186 valence electrons. The molecule has 35 heavy (non-hydrogen) atoms. The Morgan fingerprint density at radius 3 is 2.34 bits per heavy atom. The summed E-state index contributed by atoms with van der Waals surface area (Å²) in [5.41, 5.74) is 2.91. The van der Waals surface area contributed by atoms with Crippen molar-refractivity contribution in [1.82, 2.24) is 15.4 Å². The summed E-state index contributed by atoms with van der Waals surface area (Å²) in [6.07, 6.45) is 3.83. The van der Waals surface area contributed by atoms with Crippen LogP contribution in [0.3, 0.4) is 0 Å². The highest BCUT2D eigenvalue weighted by Gasteiger charge is 2.30. The maximum absolute atomic E-state index is 13.1. The molecule has 0 radical (unpaired) electrons. The fraction of sp³-hybridized carbons (Fsp3) is 0.346. The Kier molecular flexibility index (Phi) is 8.62. The van der Waals surface area contributed by atoms with Gasteiger partial charge in [-0.25, -0.2) is 13.1 Å². The average molecular weight is 532 g/mol. The maximum atomic E-state index is 13.1. The normalized spacial score (nSPS) is 18.3. The average Bonchev–Trinajstić information content (AvgIpc) is 3.34. The number of hydrogen-bond donors (Lipinski definition) is 3. The number of rotatable bonds is 9. The van der Waals surface area contributed by atoms with Crippen molar-refractivity contribution < 1.29 is 13.2 Å². The minimum Gasteiger partial charge on any atom is -0.347 e. The van der Waals surface area contributed by atoms with Crippen molar-refractivity contribution in [2.45, 2.75) is 62.0 Å². The smallest absolute Gasteiger partial charge is 0.251 e. The highest BCUT2D eigenvalue weighted by molar-refractivity contribution is 7.91. The molecule has 4 rings (SSSR count). The summed E-state index contributed by atoms with van der Waals surface area (Å²) >= 11 is 7.04. The number of carbonyl (C=O) groups is 1. The summed E-state index contributed by atoms with van der Waals surface area (Å²) in [6, 6.07) is 18.3. The van der Waals surface area contributed by atoms with Crippen LogP contribution in [0.4, 0.5) is 0 Å². The molecule has 1 heterocycles. The van der Waals surface area contributed by atoms with E-state index in [1.54, 1.807) is 36.4 Å². The number of hydrogen-bond acceptors (Lipinski definition) is 5. The highest BCUT2D eigenvalue weighted by atomic mass is 35.5. The van der Waals surface area contributed by atoms with E-state index in [0.717, 1.165) is 30.6 Å². The lowest BCUT2D eigenvalue weighted by atomic mass is 9.91. The van der Waals surface area contributed by atoms with Gasteiger partial charge in [-0.15, -0.1) is 11.3 Å². The van der Waals surface area contributed by atoms with Crippen LogP contribution < -0.4 is 15.4 Å². The van der Waals surface area contributed by atoms with Crippen LogP contribution in [0.15, 0.2) is 64.9 Å². The minimum absolute atomic E-state index is 0.0814. The quantitative estimate of drug-likeness (QED) is 0.362. The Labute approximate surface area is 216 Å². The second-order valence-corrected chi connectivity index (χ2v) is 12.4. The van der Waals surface area contributed by atoms with Gasteiger partial charge in [-0.1, -0.05) is 54.3 Å². The molecule has 0 bridgehead atoms. The van der Waals surface area contributed by atoms with E-state index in [4.69, 9.17) is 11.6 Å². The van der Waals surface area contributed by atoms with Gasteiger partial charge in [0.2, 0.25) is 10.0 Å². The van der Waals surface area contributed by atoms with E-state index in [2.05, 4.69) is 46.5 Å². The van der Waals surface area contributed by atoms with Crippen LogP contribution in [0.5, 0.6) is 0 Å². The molecule has 2 aromatic carbocycles. The summed E-state index contributed by atoms with van der Waals surface area (Å²) in [6.45, 7) is 3.03. The number of amides is 1. The molecule has 0 aliphatic heterocycles. The first-order chi connectivity index (χ1) is 16.8. The second-order valence-electron chi connectivity index (χ2n) is 8.90. The van der Waals surface area contributed by atoms with E-state index in [1.165, 1.54) is 22.5 Å². The number of aryl methyl sites for hydroxylation is 1. The largest absolute Gasteiger partial charge is 0.347 e. The fourth-order valence-corrected chi connectivity index (χ4v) is 6.95. The van der Waals surface area contributed by atoms with Crippen LogP contribution in [0.1, 0.15) is 52.0 Å². The van der Waals surface area contributed by atoms with E-state index < -0.39 is 10.0 Å². The predicted octanol–water partition coefficient (Wildman–Crippen LogP) is 5.02. The van der Waals surface area contributed by atoms with Gasteiger partial charge in [-0.05, 0) is 61.7 Å². The van der Waals surface area contributed by atoms with Crippen LogP contribution in [-0.2, 0) is 23.1 Å². The molecule has 3 N–H and O–H groups in total. The van der Waals surface area contributed by atoms with Crippen LogP contribution in [-0.4, -0.2) is 26.4 Å². The molecular weight excluding hydrogens is 502 g/mol. The molecule has 0 spiro atoms. The van der Waals surface area contributed by atoms with Gasteiger partial charge in [-0.2, -0.15) is 0 Å². The van der Waals surface area contributed by atoms with E-state index in [0.29, 0.717) is 17.1 Å². The lowest BCUT2D eigenvalue weighted by Gasteiger charge is -2.32. The summed E-state index contributed by atoms with van der Waals surface area (Å²) in [5.74, 6) is -0.234. The molecule has 1 saturated carbocycles. The van der Waals surface area contributed by atoms with Crippen molar-refractivity contribution in [1.29, 1.82) is 0 Å². The Bertz CT molecular complexity index is 1240. The Morgan fingerprint density at radius 1 is 0.943 bits per heavy atom. The first-order valence-electron chi connectivity index (χ1n) is 11.7. The van der Waals surface area contributed by atoms with Gasteiger partial charge in [0.1, 0.15) is 4.21 Å². The lowest BCUT2D eigenvalue weighted by molar-refractivity contribution is 0.0951. The topological polar surface area (TPSA) is 87.3 Å². The predicted molar refractivity (Wildman–Crippen MR) is 141 cm³/mol.